The van der Waals surface area contributed by atoms with Crippen LogP contribution in [0.25, 0.3) is 0 Å². The summed E-state index contributed by atoms with van der Waals surface area (Å²) in [6.07, 6.45) is 2.60. The molecule has 0 aromatic heterocycles. The summed E-state index contributed by atoms with van der Waals surface area (Å²) in [5.41, 5.74) is 4.12. The number of rotatable bonds is 6. The van der Waals surface area contributed by atoms with Crippen LogP contribution in [-0.2, 0) is 24.4 Å². The van der Waals surface area contributed by atoms with Gasteiger partial charge in [0.2, 0.25) is 5.91 Å². The lowest BCUT2D eigenvalue weighted by atomic mass is 9.96. The summed E-state index contributed by atoms with van der Waals surface area (Å²) >= 11 is 0. The lowest BCUT2D eigenvalue weighted by Gasteiger charge is -2.35. The Morgan fingerprint density at radius 1 is 1.03 bits per heavy atom. The molecule has 0 radical (unpaired) electrons. The van der Waals surface area contributed by atoms with Gasteiger partial charge in [0.1, 0.15) is 29.4 Å². The van der Waals surface area contributed by atoms with Crippen LogP contribution in [-0.4, -0.2) is 57.5 Å². The molecule has 38 heavy (non-hydrogen) atoms. The molecule has 8 nitrogen and oxygen atoms in total. The third-order valence-corrected chi connectivity index (χ3v) is 7.30. The van der Waals surface area contributed by atoms with Crippen LogP contribution in [0.4, 0.5) is 5.69 Å². The number of hydrogen-bond acceptors (Lipinski definition) is 6. The van der Waals surface area contributed by atoms with Crippen LogP contribution >= 0.6 is 0 Å². The molecule has 3 aromatic carbocycles. The molecular weight excluding hydrogens is 482 g/mol. The standard InChI is InChI=1S/C30H33N3O5/c1-20(34)32-13-6-10-23(17-32)31-26-11-5-9-22-12-14-33(18-25(22)26)30(37)29-27(36)15-24(35)16-28(29)38-19-21-7-3-2-4-8-21/h2-5,7-9,11,15-16,23,31,35-36H,6,10,12-14,17-19H2,1H3/t23-/m1/s1. The Labute approximate surface area is 222 Å². The molecule has 0 saturated carbocycles. The van der Waals surface area contributed by atoms with Crippen molar-refractivity contribution in [3.63, 3.8) is 0 Å². The summed E-state index contributed by atoms with van der Waals surface area (Å²) in [6.45, 7) is 4.11. The van der Waals surface area contributed by atoms with Crippen molar-refractivity contribution >= 4 is 17.5 Å². The second-order valence-corrected chi connectivity index (χ2v) is 9.98. The van der Waals surface area contributed by atoms with Crippen LogP contribution in [0.2, 0.25) is 0 Å². The molecule has 2 heterocycles. The lowest BCUT2D eigenvalue weighted by Crippen LogP contribution is -2.44. The van der Waals surface area contributed by atoms with E-state index in [4.69, 9.17) is 4.74 Å². The monoisotopic (exact) mass is 515 g/mol. The summed E-state index contributed by atoms with van der Waals surface area (Å²) in [5.74, 6) is -0.625. The van der Waals surface area contributed by atoms with Crippen molar-refractivity contribution in [2.45, 2.75) is 45.4 Å². The van der Waals surface area contributed by atoms with E-state index in [0.717, 1.165) is 42.3 Å². The van der Waals surface area contributed by atoms with Gasteiger partial charge in [0, 0.05) is 57.0 Å². The van der Waals surface area contributed by atoms with Crippen molar-refractivity contribution in [1.82, 2.24) is 9.80 Å². The maximum Gasteiger partial charge on any atom is 0.261 e. The van der Waals surface area contributed by atoms with Crippen molar-refractivity contribution in [1.29, 1.82) is 0 Å². The largest absolute Gasteiger partial charge is 0.508 e. The summed E-state index contributed by atoms with van der Waals surface area (Å²) in [6, 6.07) is 18.3. The predicted octanol–water partition coefficient (Wildman–Crippen LogP) is 4.30. The van der Waals surface area contributed by atoms with E-state index in [-0.39, 0.29) is 47.3 Å². The van der Waals surface area contributed by atoms with Crippen LogP contribution in [0.1, 0.15) is 46.8 Å². The highest BCUT2D eigenvalue weighted by Crippen LogP contribution is 2.36. The number of aromatic hydroxyl groups is 2. The topological polar surface area (TPSA) is 102 Å². The van der Waals surface area contributed by atoms with E-state index in [0.29, 0.717) is 26.1 Å². The van der Waals surface area contributed by atoms with Gasteiger partial charge in [-0.3, -0.25) is 9.59 Å². The molecule has 3 aromatic rings. The Balaban J connectivity index is 1.36. The number of phenols is 2. The van der Waals surface area contributed by atoms with Crippen LogP contribution in [0, 0.1) is 0 Å². The molecule has 8 heteroatoms. The van der Waals surface area contributed by atoms with Gasteiger partial charge in [-0.2, -0.15) is 0 Å². The van der Waals surface area contributed by atoms with Gasteiger partial charge in [-0.1, -0.05) is 42.5 Å². The Morgan fingerprint density at radius 3 is 2.63 bits per heavy atom. The molecule has 0 unspecified atom stereocenters. The zero-order chi connectivity index (χ0) is 26.6. The smallest absolute Gasteiger partial charge is 0.261 e. The highest BCUT2D eigenvalue weighted by atomic mass is 16.5. The molecule has 3 N–H and O–H groups in total. The normalized spacial score (nSPS) is 17.0. The number of hydrogen-bond donors (Lipinski definition) is 3. The molecular formula is C30H33N3O5. The average molecular weight is 516 g/mol. The third kappa shape index (κ3) is 5.54. The second kappa shape index (κ2) is 11.0. The molecule has 5 rings (SSSR count). The van der Waals surface area contributed by atoms with E-state index >= 15 is 0 Å². The van der Waals surface area contributed by atoms with E-state index in [1.165, 1.54) is 11.6 Å². The van der Waals surface area contributed by atoms with Gasteiger partial charge in [-0.15, -0.1) is 0 Å². The predicted molar refractivity (Wildman–Crippen MR) is 144 cm³/mol. The number of nitrogens with one attached hydrogen (secondary N) is 1. The first kappa shape index (κ1) is 25.4. The number of amides is 2. The molecule has 1 atom stereocenters. The van der Waals surface area contributed by atoms with Crippen LogP contribution in [0.3, 0.4) is 0 Å². The van der Waals surface area contributed by atoms with E-state index in [2.05, 4.69) is 11.4 Å². The van der Waals surface area contributed by atoms with E-state index in [9.17, 15) is 19.8 Å². The number of phenolic OH excluding ortho intramolecular Hbond substituents is 2. The van der Waals surface area contributed by atoms with Gasteiger partial charge in [-0.25, -0.2) is 0 Å². The number of anilines is 1. The quantitative estimate of drug-likeness (QED) is 0.453. The number of fused-ring (bicyclic) bond motifs is 1. The number of ether oxygens (including phenoxy) is 1. The van der Waals surface area contributed by atoms with Gasteiger partial charge < -0.3 is 30.1 Å². The Kier molecular flexibility index (Phi) is 7.40. The number of carbonyl (C=O) groups is 2. The van der Waals surface area contributed by atoms with Gasteiger partial charge >= 0.3 is 0 Å². The third-order valence-electron chi connectivity index (χ3n) is 7.30. The fourth-order valence-corrected chi connectivity index (χ4v) is 5.30. The maximum absolute atomic E-state index is 13.7. The van der Waals surface area contributed by atoms with E-state index < -0.39 is 0 Å². The first-order valence-corrected chi connectivity index (χ1v) is 13.0. The van der Waals surface area contributed by atoms with Gasteiger partial charge in [-0.05, 0) is 42.0 Å². The number of piperidine rings is 1. The fourth-order valence-electron chi connectivity index (χ4n) is 5.30. The van der Waals surface area contributed by atoms with Crippen LogP contribution in [0.15, 0.2) is 60.7 Å². The van der Waals surface area contributed by atoms with E-state index in [1.807, 2.05) is 47.4 Å². The summed E-state index contributed by atoms with van der Waals surface area (Å²) < 4.78 is 5.91. The van der Waals surface area contributed by atoms with Gasteiger partial charge in [0.15, 0.2) is 0 Å². The average Bonchev–Trinajstić information content (AvgIpc) is 2.92. The molecule has 0 spiro atoms. The molecule has 2 aliphatic rings. The number of nitrogens with zero attached hydrogens (tertiary/aromatic N) is 2. The highest BCUT2D eigenvalue weighted by molar-refractivity contribution is 6.00. The van der Waals surface area contributed by atoms with Crippen molar-refractivity contribution in [3.8, 4) is 17.2 Å². The maximum atomic E-state index is 13.7. The molecule has 0 bridgehead atoms. The van der Waals surface area contributed by atoms with E-state index in [1.54, 1.807) is 11.8 Å². The summed E-state index contributed by atoms with van der Waals surface area (Å²) in [7, 11) is 0. The minimum atomic E-state index is -0.355. The minimum absolute atomic E-state index is 0.0389. The first-order chi connectivity index (χ1) is 18.4. The molecule has 1 fully saturated rings. The molecule has 0 aliphatic carbocycles. The Morgan fingerprint density at radius 2 is 1.84 bits per heavy atom. The van der Waals surface area contributed by atoms with Crippen molar-refractivity contribution in [2.24, 2.45) is 0 Å². The zero-order valence-corrected chi connectivity index (χ0v) is 21.5. The Hall–Kier alpha value is -4.20. The van der Waals surface area contributed by atoms with Crippen molar-refractivity contribution < 1.29 is 24.5 Å². The van der Waals surface area contributed by atoms with Gasteiger partial charge in [0.25, 0.3) is 5.91 Å². The van der Waals surface area contributed by atoms with Crippen LogP contribution in [0.5, 0.6) is 17.2 Å². The van der Waals surface area contributed by atoms with Crippen molar-refractivity contribution in [2.75, 3.05) is 25.0 Å². The first-order valence-electron chi connectivity index (χ1n) is 13.0. The minimum Gasteiger partial charge on any atom is -0.508 e. The molecule has 198 valence electrons. The molecule has 2 aliphatic heterocycles. The second-order valence-electron chi connectivity index (χ2n) is 9.98. The zero-order valence-electron chi connectivity index (χ0n) is 21.5. The number of likely N-dealkylation sites (tertiary alicyclic amines) is 1. The SMILES string of the molecule is CC(=O)N1CCC[C@@H](Nc2cccc3c2CN(C(=O)c2c(O)cc(O)cc2OCc2ccccc2)CC3)C1. The lowest BCUT2D eigenvalue weighted by molar-refractivity contribution is -0.129. The van der Waals surface area contributed by atoms with Crippen molar-refractivity contribution in [3.05, 3.63) is 82.9 Å². The van der Waals surface area contributed by atoms with Crippen LogP contribution < -0.4 is 10.1 Å². The Bertz CT molecular complexity index is 1330. The number of benzene rings is 3. The van der Waals surface area contributed by atoms with Gasteiger partial charge in [0.05, 0.1) is 0 Å². The number of carbonyl (C=O) groups excluding carboxylic acids is 2. The highest BCUT2D eigenvalue weighted by Gasteiger charge is 2.29. The summed E-state index contributed by atoms with van der Waals surface area (Å²) in [4.78, 5) is 29.2. The fraction of sp³-hybridized carbons (Fsp3) is 0.333. The molecule has 2 amide bonds. The summed E-state index contributed by atoms with van der Waals surface area (Å²) in [5, 5.41) is 24.4. The molecule has 1 saturated heterocycles.